The van der Waals surface area contributed by atoms with Crippen molar-refractivity contribution in [1.82, 2.24) is 15.1 Å². The van der Waals surface area contributed by atoms with Crippen LogP contribution in [0, 0.1) is 0 Å². The van der Waals surface area contributed by atoms with Gasteiger partial charge in [0.2, 0.25) is 5.91 Å². The summed E-state index contributed by atoms with van der Waals surface area (Å²) in [5.74, 6) is 0.184. The lowest BCUT2D eigenvalue weighted by Gasteiger charge is -2.07. The predicted octanol–water partition coefficient (Wildman–Crippen LogP) is 3.06. The van der Waals surface area contributed by atoms with Crippen LogP contribution in [-0.4, -0.2) is 33.4 Å². The van der Waals surface area contributed by atoms with Crippen LogP contribution in [0.1, 0.15) is 44.7 Å². The number of hydrogen-bond donors (Lipinski definition) is 3. The number of nitrogens with zero attached hydrogens (tertiary/aromatic N) is 2. The average molecular weight is 342 g/mol. The van der Waals surface area contributed by atoms with Gasteiger partial charge in [0, 0.05) is 30.6 Å². The van der Waals surface area contributed by atoms with E-state index in [1.54, 1.807) is 12.1 Å². The van der Waals surface area contributed by atoms with Gasteiger partial charge in [0.25, 0.3) is 0 Å². The Morgan fingerprint density at radius 3 is 2.72 bits per heavy atom. The standard InChI is InChI=1S/C18H22N4O3/c1-3-8-19-18(25)22-16(12-4-5-12)10-15(21-22)14-9-13(20-11(2)23)6-7-17(14)24/h6-7,9-10,12,24H,3-5,8H2,1-2H3,(H,19,25)(H,20,23). The molecule has 0 saturated heterocycles. The van der Waals surface area contributed by atoms with Crippen LogP contribution in [0.25, 0.3) is 11.3 Å². The van der Waals surface area contributed by atoms with Crippen molar-refractivity contribution in [3.05, 3.63) is 30.0 Å². The summed E-state index contributed by atoms with van der Waals surface area (Å²) in [7, 11) is 0. The molecule has 1 aliphatic carbocycles. The molecule has 0 atom stereocenters. The van der Waals surface area contributed by atoms with Crippen LogP contribution < -0.4 is 10.6 Å². The highest BCUT2D eigenvalue weighted by Crippen LogP contribution is 2.42. The van der Waals surface area contributed by atoms with E-state index in [0.29, 0.717) is 29.4 Å². The summed E-state index contributed by atoms with van der Waals surface area (Å²) in [6, 6.07) is 6.37. The number of anilines is 1. The molecule has 0 bridgehead atoms. The van der Waals surface area contributed by atoms with E-state index in [9.17, 15) is 14.7 Å². The van der Waals surface area contributed by atoms with Crippen molar-refractivity contribution in [3.63, 3.8) is 0 Å². The van der Waals surface area contributed by atoms with Crippen LogP contribution in [-0.2, 0) is 4.79 Å². The van der Waals surface area contributed by atoms with Crippen LogP contribution in [0.2, 0.25) is 0 Å². The molecule has 0 aliphatic heterocycles. The molecule has 132 valence electrons. The zero-order valence-corrected chi connectivity index (χ0v) is 14.4. The van der Waals surface area contributed by atoms with E-state index in [1.165, 1.54) is 17.7 Å². The van der Waals surface area contributed by atoms with Gasteiger partial charge in [-0.25, -0.2) is 4.79 Å². The Hall–Kier alpha value is -2.83. The first-order valence-electron chi connectivity index (χ1n) is 8.48. The van der Waals surface area contributed by atoms with Gasteiger partial charge in [0.15, 0.2) is 0 Å². The number of nitrogens with one attached hydrogen (secondary N) is 2. The maximum Gasteiger partial charge on any atom is 0.342 e. The van der Waals surface area contributed by atoms with Gasteiger partial charge in [0.1, 0.15) is 5.75 Å². The molecule has 3 rings (SSSR count). The lowest BCUT2D eigenvalue weighted by molar-refractivity contribution is -0.114. The Bertz CT molecular complexity index is 809. The lowest BCUT2D eigenvalue weighted by Crippen LogP contribution is -2.31. The van der Waals surface area contributed by atoms with E-state index in [-0.39, 0.29) is 17.7 Å². The molecule has 0 radical (unpaired) electrons. The summed E-state index contributed by atoms with van der Waals surface area (Å²) in [6.07, 6.45) is 2.91. The van der Waals surface area contributed by atoms with Crippen LogP contribution in [0.15, 0.2) is 24.3 Å². The normalized spacial score (nSPS) is 13.5. The third kappa shape index (κ3) is 3.81. The van der Waals surface area contributed by atoms with Crippen molar-refractivity contribution in [3.8, 4) is 17.0 Å². The number of rotatable bonds is 5. The van der Waals surface area contributed by atoms with Gasteiger partial charge in [-0.3, -0.25) is 4.79 Å². The molecule has 1 heterocycles. The number of aromatic hydroxyl groups is 1. The number of amides is 2. The van der Waals surface area contributed by atoms with Crippen LogP contribution in [0.3, 0.4) is 0 Å². The summed E-state index contributed by atoms with van der Waals surface area (Å²) >= 11 is 0. The van der Waals surface area contributed by atoms with Crippen molar-refractivity contribution >= 4 is 17.6 Å². The number of carbonyl (C=O) groups is 2. The van der Waals surface area contributed by atoms with Gasteiger partial charge < -0.3 is 15.7 Å². The first kappa shape index (κ1) is 17.0. The first-order valence-corrected chi connectivity index (χ1v) is 8.48. The maximum absolute atomic E-state index is 12.4. The minimum atomic E-state index is -0.257. The number of benzene rings is 1. The van der Waals surface area contributed by atoms with Gasteiger partial charge in [-0.15, -0.1) is 0 Å². The van der Waals surface area contributed by atoms with Crippen molar-refractivity contribution < 1.29 is 14.7 Å². The summed E-state index contributed by atoms with van der Waals surface area (Å²) in [6.45, 7) is 3.99. The summed E-state index contributed by atoms with van der Waals surface area (Å²) in [4.78, 5) is 23.6. The Labute approximate surface area is 146 Å². The summed E-state index contributed by atoms with van der Waals surface area (Å²) < 4.78 is 1.40. The van der Waals surface area contributed by atoms with E-state index in [1.807, 2.05) is 13.0 Å². The van der Waals surface area contributed by atoms with E-state index in [0.717, 1.165) is 25.0 Å². The molecule has 7 nitrogen and oxygen atoms in total. The SMILES string of the molecule is CCCNC(=O)n1nc(-c2cc(NC(C)=O)ccc2O)cc1C1CC1. The molecular formula is C18H22N4O3. The fourth-order valence-corrected chi connectivity index (χ4v) is 2.69. The minimum absolute atomic E-state index is 0.0510. The van der Waals surface area contributed by atoms with Crippen LogP contribution >= 0.6 is 0 Å². The molecule has 2 aromatic rings. The molecule has 0 spiro atoms. The van der Waals surface area contributed by atoms with Gasteiger partial charge in [-0.1, -0.05) is 6.92 Å². The number of phenols is 1. The van der Waals surface area contributed by atoms with Gasteiger partial charge in [0.05, 0.1) is 11.4 Å². The molecule has 7 heteroatoms. The van der Waals surface area contributed by atoms with Crippen molar-refractivity contribution in [2.24, 2.45) is 0 Å². The zero-order chi connectivity index (χ0) is 18.0. The van der Waals surface area contributed by atoms with E-state index >= 15 is 0 Å². The monoisotopic (exact) mass is 342 g/mol. The number of hydrogen-bond acceptors (Lipinski definition) is 4. The Morgan fingerprint density at radius 1 is 1.32 bits per heavy atom. The molecule has 1 aromatic carbocycles. The highest BCUT2D eigenvalue weighted by molar-refractivity contribution is 5.90. The molecule has 2 amide bonds. The molecular weight excluding hydrogens is 320 g/mol. The van der Waals surface area contributed by atoms with Crippen molar-refractivity contribution in [2.75, 3.05) is 11.9 Å². The highest BCUT2D eigenvalue weighted by Gasteiger charge is 2.30. The number of carbonyl (C=O) groups excluding carboxylic acids is 2. The van der Waals surface area contributed by atoms with Crippen LogP contribution in [0.5, 0.6) is 5.75 Å². The number of aromatic nitrogens is 2. The molecule has 1 fully saturated rings. The minimum Gasteiger partial charge on any atom is -0.507 e. The molecule has 1 aromatic heterocycles. The summed E-state index contributed by atoms with van der Waals surface area (Å²) in [5.41, 5.74) is 2.42. The van der Waals surface area contributed by atoms with Crippen molar-refractivity contribution in [2.45, 2.75) is 39.0 Å². The summed E-state index contributed by atoms with van der Waals surface area (Å²) in [5, 5.41) is 20.1. The van der Waals surface area contributed by atoms with Gasteiger partial charge in [-0.05, 0) is 43.5 Å². The Balaban J connectivity index is 1.97. The van der Waals surface area contributed by atoms with E-state index < -0.39 is 0 Å². The van der Waals surface area contributed by atoms with Gasteiger partial charge >= 0.3 is 6.03 Å². The molecule has 0 unspecified atom stereocenters. The third-order valence-electron chi connectivity index (χ3n) is 4.04. The number of phenolic OH excluding ortho intramolecular Hbond substituents is 1. The third-order valence-corrected chi connectivity index (χ3v) is 4.04. The molecule has 25 heavy (non-hydrogen) atoms. The second-order valence-corrected chi connectivity index (χ2v) is 6.29. The Kier molecular flexibility index (Phi) is 4.74. The largest absolute Gasteiger partial charge is 0.507 e. The van der Waals surface area contributed by atoms with Crippen molar-refractivity contribution in [1.29, 1.82) is 0 Å². The molecule has 1 aliphatic rings. The smallest absolute Gasteiger partial charge is 0.342 e. The van der Waals surface area contributed by atoms with E-state index in [4.69, 9.17) is 0 Å². The maximum atomic E-state index is 12.4. The quantitative estimate of drug-likeness (QED) is 0.728. The Morgan fingerprint density at radius 2 is 2.08 bits per heavy atom. The van der Waals surface area contributed by atoms with E-state index in [2.05, 4.69) is 15.7 Å². The zero-order valence-electron chi connectivity index (χ0n) is 14.4. The average Bonchev–Trinajstić information content (AvgIpc) is 3.32. The topological polar surface area (TPSA) is 96.3 Å². The first-order chi connectivity index (χ1) is 12.0. The highest BCUT2D eigenvalue weighted by atomic mass is 16.3. The second kappa shape index (κ2) is 6.96. The molecule has 1 saturated carbocycles. The fourth-order valence-electron chi connectivity index (χ4n) is 2.69. The lowest BCUT2D eigenvalue weighted by atomic mass is 10.1. The fraction of sp³-hybridized carbons (Fsp3) is 0.389. The van der Waals surface area contributed by atoms with Crippen LogP contribution in [0.4, 0.5) is 10.5 Å². The predicted molar refractivity (Wildman–Crippen MR) is 94.7 cm³/mol. The van der Waals surface area contributed by atoms with Gasteiger partial charge in [-0.2, -0.15) is 9.78 Å². The second-order valence-electron chi connectivity index (χ2n) is 6.29. The molecule has 3 N–H and O–H groups in total.